The third kappa shape index (κ3) is 3.07. The molecule has 0 aliphatic carbocycles. The van der Waals surface area contributed by atoms with Gasteiger partial charge in [0.2, 0.25) is 0 Å². The highest BCUT2D eigenvalue weighted by Crippen LogP contribution is 2.39. The summed E-state index contributed by atoms with van der Waals surface area (Å²) in [5.74, 6) is 1.03. The second kappa shape index (κ2) is 6.10. The maximum absolute atomic E-state index is 5.52. The molecular formula is C16H26N4O. The Balaban J connectivity index is 1.58. The van der Waals surface area contributed by atoms with E-state index in [1.54, 1.807) is 0 Å². The van der Waals surface area contributed by atoms with E-state index in [4.69, 9.17) is 4.74 Å². The van der Waals surface area contributed by atoms with Gasteiger partial charge >= 0.3 is 0 Å². The molecule has 0 amide bonds. The summed E-state index contributed by atoms with van der Waals surface area (Å²) in [6, 6.07) is 4.22. The Morgan fingerprint density at radius 3 is 2.86 bits per heavy atom. The number of aliphatic imine (C=N–C) groups is 1. The smallest absolute Gasteiger partial charge is 0.193 e. The number of likely N-dealkylation sites (tertiary alicyclic amines) is 1. The van der Waals surface area contributed by atoms with Crippen LogP contribution in [0.1, 0.15) is 25.0 Å². The van der Waals surface area contributed by atoms with E-state index in [0.29, 0.717) is 5.41 Å². The summed E-state index contributed by atoms with van der Waals surface area (Å²) in [5.41, 5.74) is 1.73. The van der Waals surface area contributed by atoms with Crippen LogP contribution in [-0.2, 0) is 18.3 Å². The molecule has 3 heterocycles. The van der Waals surface area contributed by atoms with Crippen LogP contribution in [0.25, 0.3) is 0 Å². The van der Waals surface area contributed by atoms with Crippen molar-refractivity contribution < 1.29 is 4.74 Å². The molecular weight excluding hydrogens is 264 g/mol. The van der Waals surface area contributed by atoms with Crippen LogP contribution in [0.2, 0.25) is 0 Å². The third-order valence-corrected chi connectivity index (χ3v) is 4.98. The van der Waals surface area contributed by atoms with E-state index in [0.717, 1.165) is 38.8 Å². The molecule has 2 aliphatic rings. The Labute approximate surface area is 127 Å². The van der Waals surface area contributed by atoms with Crippen molar-refractivity contribution >= 4 is 5.96 Å². The molecule has 2 aliphatic heterocycles. The lowest BCUT2D eigenvalue weighted by Gasteiger charge is -2.33. The van der Waals surface area contributed by atoms with E-state index < -0.39 is 0 Å². The first kappa shape index (κ1) is 14.4. The van der Waals surface area contributed by atoms with E-state index >= 15 is 0 Å². The summed E-state index contributed by atoms with van der Waals surface area (Å²) < 4.78 is 7.66. The Kier molecular flexibility index (Phi) is 4.19. The molecule has 21 heavy (non-hydrogen) atoms. The summed E-state index contributed by atoms with van der Waals surface area (Å²) in [4.78, 5) is 6.88. The summed E-state index contributed by atoms with van der Waals surface area (Å²) in [7, 11) is 3.95. The van der Waals surface area contributed by atoms with Gasteiger partial charge in [0.25, 0.3) is 0 Å². The standard InChI is InChI=1S/C16H26N4O/c1-17-15(18-12-14-4-3-8-19(14)2)20-9-5-16(13-20)6-10-21-11-7-16/h3-4,8H,5-7,9-13H2,1-2H3,(H,17,18). The number of nitrogens with zero attached hydrogens (tertiary/aromatic N) is 3. The molecule has 5 heteroatoms. The molecule has 1 spiro atoms. The number of hydrogen-bond acceptors (Lipinski definition) is 2. The normalized spacial score (nSPS) is 22.0. The van der Waals surface area contributed by atoms with Crippen LogP contribution in [0.4, 0.5) is 0 Å². The predicted octanol–water partition coefficient (Wildman–Crippen LogP) is 1.60. The van der Waals surface area contributed by atoms with Gasteiger partial charge in [0, 0.05) is 52.3 Å². The molecule has 1 aromatic rings. The lowest BCUT2D eigenvalue weighted by atomic mass is 9.80. The van der Waals surface area contributed by atoms with Gasteiger partial charge in [0.1, 0.15) is 0 Å². The Hall–Kier alpha value is -1.49. The van der Waals surface area contributed by atoms with Gasteiger partial charge in [-0.2, -0.15) is 0 Å². The van der Waals surface area contributed by atoms with Crippen LogP contribution in [0.3, 0.4) is 0 Å². The molecule has 0 radical (unpaired) electrons. The topological polar surface area (TPSA) is 41.8 Å². The van der Waals surface area contributed by atoms with Gasteiger partial charge in [-0.3, -0.25) is 4.99 Å². The highest BCUT2D eigenvalue weighted by Gasteiger charge is 2.40. The van der Waals surface area contributed by atoms with Crippen molar-refractivity contribution in [2.45, 2.75) is 25.8 Å². The average Bonchev–Trinajstić information content (AvgIpc) is 3.08. The first-order valence-electron chi connectivity index (χ1n) is 7.86. The monoisotopic (exact) mass is 290 g/mol. The van der Waals surface area contributed by atoms with Crippen LogP contribution in [-0.4, -0.2) is 48.8 Å². The maximum atomic E-state index is 5.52. The first-order valence-corrected chi connectivity index (χ1v) is 7.86. The van der Waals surface area contributed by atoms with Gasteiger partial charge < -0.3 is 19.5 Å². The Morgan fingerprint density at radius 2 is 2.19 bits per heavy atom. The van der Waals surface area contributed by atoms with Crippen molar-refractivity contribution in [3.8, 4) is 0 Å². The molecule has 5 nitrogen and oxygen atoms in total. The summed E-state index contributed by atoms with van der Waals surface area (Å²) >= 11 is 0. The fourth-order valence-electron chi connectivity index (χ4n) is 3.51. The molecule has 1 aromatic heterocycles. The molecule has 0 atom stereocenters. The number of aromatic nitrogens is 1. The van der Waals surface area contributed by atoms with Crippen molar-refractivity contribution in [3.05, 3.63) is 24.0 Å². The van der Waals surface area contributed by atoms with Crippen molar-refractivity contribution in [2.24, 2.45) is 17.5 Å². The van der Waals surface area contributed by atoms with Crippen LogP contribution < -0.4 is 5.32 Å². The Morgan fingerprint density at radius 1 is 1.38 bits per heavy atom. The molecule has 0 bridgehead atoms. The minimum absolute atomic E-state index is 0.459. The maximum Gasteiger partial charge on any atom is 0.193 e. The number of ether oxygens (including phenoxy) is 1. The summed E-state index contributed by atoms with van der Waals surface area (Å²) in [6.45, 7) is 4.88. The van der Waals surface area contributed by atoms with Gasteiger partial charge in [0.05, 0.1) is 6.54 Å². The zero-order valence-corrected chi connectivity index (χ0v) is 13.1. The molecule has 2 saturated heterocycles. The highest BCUT2D eigenvalue weighted by molar-refractivity contribution is 5.80. The summed E-state index contributed by atoms with van der Waals surface area (Å²) in [5, 5.41) is 3.50. The number of rotatable bonds is 2. The van der Waals surface area contributed by atoms with E-state index in [9.17, 15) is 0 Å². The van der Waals surface area contributed by atoms with Crippen molar-refractivity contribution in [2.75, 3.05) is 33.4 Å². The van der Waals surface area contributed by atoms with Gasteiger partial charge in [-0.05, 0) is 36.8 Å². The first-order chi connectivity index (χ1) is 10.2. The third-order valence-electron chi connectivity index (χ3n) is 4.98. The number of nitrogens with one attached hydrogen (secondary N) is 1. The molecule has 0 unspecified atom stereocenters. The summed E-state index contributed by atoms with van der Waals surface area (Å²) in [6.07, 6.45) is 5.73. The lowest BCUT2D eigenvalue weighted by Crippen LogP contribution is -2.42. The number of guanidine groups is 1. The highest BCUT2D eigenvalue weighted by atomic mass is 16.5. The second-order valence-electron chi connectivity index (χ2n) is 6.30. The SMILES string of the molecule is CN=C(NCc1cccn1C)N1CCC2(CCOCC2)C1. The van der Waals surface area contributed by atoms with Crippen molar-refractivity contribution in [3.63, 3.8) is 0 Å². The van der Waals surface area contributed by atoms with Crippen LogP contribution in [0.15, 0.2) is 23.3 Å². The minimum atomic E-state index is 0.459. The number of aryl methyl sites for hydroxylation is 1. The lowest BCUT2D eigenvalue weighted by molar-refractivity contribution is 0.0217. The van der Waals surface area contributed by atoms with Crippen molar-refractivity contribution in [1.29, 1.82) is 0 Å². The van der Waals surface area contributed by atoms with E-state index in [1.165, 1.54) is 25.0 Å². The van der Waals surface area contributed by atoms with Crippen LogP contribution >= 0.6 is 0 Å². The van der Waals surface area contributed by atoms with Gasteiger partial charge in [-0.15, -0.1) is 0 Å². The number of hydrogen-bond donors (Lipinski definition) is 1. The second-order valence-corrected chi connectivity index (χ2v) is 6.30. The molecule has 0 saturated carbocycles. The van der Waals surface area contributed by atoms with Crippen LogP contribution in [0.5, 0.6) is 0 Å². The van der Waals surface area contributed by atoms with E-state index in [-0.39, 0.29) is 0 Å². The molecule has 0 aromatic carbocycles. The fourth-order valence-corrected chi connectivity index (χ4v) is 3.51. The molecule has 3 rings (SSSR count). The zero-order valence-electron chi connectivity index (χ0n) is 13.1. The van der Waals surface area contributed by atoms with E-state index in [1.807, 2.05) is 7.05 Å². The van der Waals surface area contributed by atoms with Crippen molar-refractivity contribution in [1.82, 2.24) is 14.8 Å². The van der Waals surface area contributed by atoms with Crippen LogP contribution in [0, 0.1) is 5.41 Å². The molecule has 116 valence electrons. The molecule has 2 fully saturated rings. The van der Waals surface area contributed by atoms with Gasteiger partial charge in [-0.25, -0.2) is 0 Å². The average molecular weight is 290 g/mol. The fraction of sp³-hybridized carbons (Fsp3) is 0.688. The zero-order chi connectivity index (χ0) is 14.7. The van der Waals surface area contributed by atoms with Gasteiger partial charge in [-0.1, -0.05) is 0 Å². The predicted molar refractivity (Wildman–Crippen MR) is 84.3 cm³/mol. The van der Waals surface area contributed by atoms with Gasteiger partial charge in [0.15, 0.2) is 5.96 Å². The Bertz CT molecular complexity index is 502. The minimum Gasteiger partial charge on any atom is -0.381 e. The van der Waals surface area contributed by atoms with E-state index in [2.05, 4.69) is 45.2 Å². The molecule has 1 N–H and O–H groups in total. The quantitative estimate of drug-likeness (QED) is 0.664. The largest absolute Gasteiger partial charge is 0.381 e.